The average Bonchev–Trinajstić information content (AvgIpc) is 2.80. The van der Waals surface area contributed by atoms with Gasteiger partial charge in [0.05, 0.1) is 31.8 Å². The molecule has 0 aliphatic heterocycles. The minimum Gasteiger partial charge on any atom is -0.394 e. The third-order valence-corrected chi connectivity index (χ3v) is 5.29. The van der Waals surface area contributed by atoms with Gasteiger partial charge in [-0.1, -0.05) is 26.0 Å². The Morgan fingerprint density at radius 2 is 1.71 bits per heavy atom. The molecule has 0 unspecified atom stereocenters. The van der Waals surface area contributed by atoms with Gasteiger partial charge in [0, 0.05) is 12.2 Å². The molecule has 35 heavy (non-hydrogen) atoms. The maximum absolute atomic E-state index is 13.1. The number of nitrogens with one attached hydrogen (secondary N) is 4. The van der Waals surface area contributed by atoms with E-state index in [-0.39, 0.29) is 38.1 Å². The Kier molecular flexibility index (Phi) is 13.4. The number of carbonyl (C=O) groups is 3. The molecule has 2 atom stereocenters. The lowest BCUT2D eigenvalue weighted by Crippen LogP contribution is -2.55. The van der Waals surface area contributed by atoms with Gasteiger partial charge in [0.15, 0.2) is 0 Å². The van der Waals surface area contributed by atoms with Crippen molar-refractivity contribution >= 4 is 23.4 Å². The zero-order chi connectivity index (χ0) is 26.4. The van der Waals surface area contributed by atoms with Gasteiger partial charge in [0.25, 0.3) is 0 Å². The summed E-state index contributed by atoms with van der Waals surface area (Å²) < 4.78 is 5.48. The molecule has 0 aliphatic carbocycles. The highest BCUT2D eigenvalue weighted by Gasteiger charge is 2.31. The van der Waals surface area contributed by atoms with Gasteiger partial charge in [-0.2, -0.15) is 0 Å². The number of hydrogen-bond acceptors (Lipinski definition) is 8. The van der Waals surface area contributed by atoms with Gasteiger partial charge in [0.1, 0.15) is 12.1 Å². The molecule has 198 valence electrons. The van der Waals surface area contributed by atoms with Gasteiger partial charge >= 0.3 is 0 Å². The van der Waals surface area contributed by atoms with Crippen LogP contribution in [0.15, 0.2) is 24.3 Å². The quantitative estimate of drug-likeness (QED) is 0.0964. The maximum atomic E-state index is 13.1. The van der Waals surface area contributed by atoms with Crippen LogP contribution in [0.1, 0.15) is 52.5 Å². The molecule has 8 N–H and O–H groups in total. The molecule has 1 aromatic carbocycles. The summed E-state index contributed by atoms with van der Waals surface area (Å²) in [7, 11) is 0. The summed E-state index contributed by atoms with van der Waals surface area (Å²) in [5, 5.41) is 26.4. The molecule has 0 bridgehead atoms. The number of aliphatic hydroxyl groups is 2. The van der Waals surface area contributed by atoms with Crippen molar-refractivity contribution in [2.24, 2.45) is 11.8 Å². The topological polar surface area (TPSA) is 175 Å². The molecule has 0 spiro atoms. The Balaban J connectivity index is 2.88. The van der Waals surface area contributed by atoms with Gasteiger partial charge in [0.2, 0.25) is 17.7 Å². The highest BCUT2D eigenvalue weighted by Crippen LogP contribution is 2.15. The van der Waals surface area contributed by atoms with E-state index in [0.717, 1.165) is 0 Å². The van der Waals surface area contributed by atoms with E-state index in [2.05, 4.69) is 21.4 Å². The molecule has 0 saturated carbocycles. The van der Waals surface area contributed by atoms with Gasteiger partial charge < -0.3 is 30.9 Å². The number of anilines is 1. The molecule has 0 fully saturated rings. The first kappa shape index (κ1) is 30.5. The first-order valence-electron chi connectivity index (χ1n) is 11.8. The van der Waals surface area contributed by atoms with Crippen LogP contribution in [-0.2, 0) is 25.7 Å². The number of hydrogen-bond donors (Lipinski definition) is 7. The molecular weight excluding hydrogens is 454 g/mol. The first-order chi connectivity index (χ1) is 16.5. The van der Waals surface area contributed by atoms with Crippen LogP contribution in [0, 0.1) is 5.92 Å². The zero-order valence-corrected chi connectivity index (χ0v) is 21.1. The Labute approximate surface area is 207 Å². The number of rotatable bonds is 16. The van der Waals surface area contributed by atoms with Crippen LogP contribution in [0.2, 0.25) is 0 Å². The molecular formula is C24H41N5O6. The number of ether oxygens (including phenoxy) is 1. The lowest BCUT2D eigenvalue weighted by molar-refractivity contribution is -0.135. The summed E-state index contributed by atoms with van der Waals surface area (Å²) in [5.41, 5.74) is 2.96. The van der Waals surface area contributed by atoms with Crippen molar-refractivity contribution in [3.8, 4) is 0 Å². The monoisotopic (exact) mass is 495 g/mol. The first-order valence-corrected chi connectivity index (χ1v) is 11.8. The standard InChI is InChI=1S/C24H41N5O6/c1-16(2)21(29-20(32)14-24(3,4)35-13-12-30)23(34)28-19(6-5-11-26-25)22(33)27-18-9-7-17(15-31)8-10-18/h7-10,16,19,21,26,30-31H,5-6,11-15,25H2,1-4H3,(H,27,33)(H,28,34)(H,29,32)/t19-,21-/m0/s1. The fraction of sp³-hybridized carbons (Fsp3) is 0.625. The largest absolute Gasteiger partial charge is 0.394 e. The highest BCUT2D eigenvalue weighted by molar-refractivity contribution is 5.98. The summed E-state index contributed by atoms with van der Waals surface area (Å²) in [5.74, 6) is 3.85. The second kappa shape index (κ2) is 15.4. The number of nitrogens with two attached hydrogens (primary N) is 1. The summed E-state index contributed by atoms with van der Waals surface area (Å²) in [6.07, 6.45) is 0.865. The molecule has 3 amide bonds. The van der Waals surface area contributed by atoms with Crippen LogP contribution in [0.5, 0.6) is 0 Å². The SMILES string of the molecule is CC(C)[C@H](NC(=O)CC(C)(C)OCCO)C(=O)N[C@@H](CCCNN)C(=O)Nc1ccc(CO)cc1. The molecule has 0 aliphatic rings. The van der Waals surface area contributed by atoms with Crippen LogP contribution >= 0.6 is 0 Å². The molecule has 11 heteroatoms. The Morgan fingerprint density at radius 3 is 2.26 bits per heavy atom. The maximum Gasteiger partial charge on any atom is 0.246 e. The van der Waals surface area contributed by atoms with E-state index < -0.39 is 29.5 Å². The molecule has 0 saturated heterocycles. The molecule has 11 nitrogen and oxygen atoms in total. The van der Waals surface area contributed by atoms with Gasteiger partial charge in [-0.25, -0.2) is 0 Å². The van der Waals surface area contributed by atoms with E-state index in [9.17, 15) is 19.5 Å². The Morgan fingerprint density at radius 1 is 1.06 bits per heavy atom. The van der Waals surface area contributed by atoms with Gasteiger partial charge in [-0.15, -0.1) is 0 Å². The van der Waals surface area contributed by atoms with Crippen LogP contribution in [0.4, 0.5) is 5.69 Å². The second-order valence-electron chi connectivity index (χ2n) is 9.30. The molecule has 1 rings (SSSR count). The molecule has 1 aromatic rings. The predicted octanol–water partition coefficient (Wildman–Crippen LogP) is 0.164. The number of hydrazine groups is 1. The minimum atomic E-state index is -0.858. The van der Waals surface area contributed by atoms with Crippen molar-refractivity contribution in [1.29, 1.82) is 0 Å². The van der Waals surface area contributed by atoms with Crippen molar-refractivity contribution in [2.75, 3.05) is 25.1 Å². The van der Waals surface area contributed by atoms with E-state index in [0.29, 0.717) is 30.6 Å². The van der Waals surface area contributed by atoms with Gasteiger partial charge in [-0.05, 0) is 50.3 Å². The molecule has 0 radical (unpaired) electrons. The Hall–Kier alpha value is -2.57. The Bertz CT molecular complexity index is 800. The van der Waals surface area contributed by atoms with Crippen LogP contribution in [-0.4, -0.2) is 65.4 Å². The molecule has 0 aromatic heterocycles. The number of aliphatic hydroxyl groups excluding tert-OH is 2. The average molecular weight is 496 g/mol. The van der Waals surface area contributed by atoms with Crippen molar-refractivity contribution in [3.63, 3.8) is 0 Å². The van der Waals surface area contributed by atoms with E-state index in [1.54, 1.807) is 52.0 Å². The normalized spacial score (nSPS) is 13.3. The predicted molar refractivity (Wildman–Crippen MR) is 133 cm³/mol. The second-order valence-corrected chi connectivity index (χ2v) is 9.30. The van der Waals surface area contributed by atoms with Crippen molar-refractivity contribution in [1.82, 2.24) is 16.1 Å². The third kappa shape index (κ3) is 11.6. The minimum absolute atomic E-state index is 0.000576. The fourth-order valence-corrected chi connectivity index (χ4v) is 3.38. The summed E-state index contributed by atoms with van der Waals surface area (Å²) in [6, 6.07) is 5.01. The van der Waals surface area contributed by atoms with E-state index >= 15 is 0 Å². The van der Waals surface area contributed by atoms with E-state index in [4.69, 9.17) is 15.7 Å². The zero-order valence-electron chi connectivity index (χ0n) is 21.1. The van der Waals surface area contributed by atoms with Crippen molar-refractivity contribution < 1.29 is 29.3 Å². The van der Waals surface area contributed by atoms with Crippen molar-refractivity contribution in [2.45, 2.75) is 71.2 Å². The van der Waals surface area contributed by atoms with Gasteiger partial charge in [-0.3, -0.25) is 25.7 Å². The summed E-state index contributed by atoms with van der Waals surface area (Å²) >= 11 is 0. The van der Waals surface area contributed by atoms with E-state index in [1.165, 1.54) is 0 Å². The number of amides is 3. The lowest BCUT2D eigenvalue weighted by Gasteiger charge is -2.28. The molecule has 0 heterocycles. The number of benzene rings is 1. The third-order valence-electron chi connectivity index (χ3n) is 5.29. The van der Waals surface area contributed by atoms with Crippen molar-refractivity contribution in [3.05, 3.63) is 29.8 Å². The fourth-order valence-electron chi connectivity index (χ4n) is 3.38. The number of carbonyl (C=O) groups excluding carboxylic acids is 3. The van der Waals surface area contributed by atoms with Crippen LogP contribution < -0.4 is 27.2 Å². The highest BCUT2D eigenvalue weighted by atomic mass is 16.5. The van der Waals surface area contributed by atoms with E-state index in [1.807, 2.05) is 0 Å². The lowest BCUT2D eigenvalue weighted by atomic mass is 10.00. The smallest absolute Gasteiger partial charge is 0.246 e. The van der Waals surface area contributed by atoms with Crippen LogP contribution in [0.3, 0.4) is 0 Å². The summed E-state index contributed by atoms with van der Waals surface area (Å²) in [4.78, 5) is 38.7. The summed E-state index contributed by atoms with van der Waals surface area (Å²) in [6.45, 7) is 7.35. The van der Waals surface area contributed by atoms with Crippen LogP contribution in [0.25, 0.3) is 0 Å².